The molecular formula is C22H28N6O4. The summed E-state index contributed by atoms with van der Waals surface area (Å²) in [5.41, 5.74) is 0.358. The maximum Gasteiger partial charge on any atom is 0.248 e. The fraction of sp³-hybridized carbons (Fsp3) is 0.500. The fourth-order valence-electron chi connectivity index (χ4n) is 3.85. The number of para-hydroxylation sites is 1. The molecule has 3 rings (SSSR count). The highest BCUT2D eigenvalue weighted by Gasteiger charge is 2.45. The van der Waals surface area contributed by atoms with Crippen LogP contribution >= 0.6 is 0 Å². The number of likely N-dealkylation sites (N-methyl/N-ethyl adjacent to an activating group) is 1. The van der Waals surface area contributed by atoms with Crippen LogP contribution in [0, 0.1) is 16.7 Å². The number of carbonyl (C=O) groups is 2. The summed E-state index contributed by atoms with van der Waals surface area (Å²) in [6.07, 6.45) is 1.06. The number of aliphatic hydroxyl groups excluding tert-OH is 1. The van der Waals surface area contributed by atoms with Crippen molar-refractivity contribution in [1.82, 2.24) is 25.2 Å². The minimum absolute atomic E-state index is 0.0764. The third kappa shape index (κ3) is 4.89. The van der Waals surface area contributed by atoms with Gasteiger partial charge in [0, 0.05) is 20.0 Å². The van der Waals surface area contributed by atoms with Crippen molar-refractivity contribution < 1.29 is 19.4 Å². The number of hydrogen-bond donors (Lipinski definition) is 2. The van der Waals surface area contributed by atoms with Crippen molar-refractivity contribution in [3.8, 4) is 11.8 Å². The number of nitrogens with one attached hydrogen (secondary N) is 1. The van der Waals surface area contributed by atoms with E-state index in [1.165, 1.54) is 16.6 Å². The molecule has 1 fully saturated rings. The fourth-order valence-corrected chi connectivity index (χ4v) is 3.85. The van der Waals surface area contributed by atoms with Gasteiger partial charge in [0.15, 0.2) is 0 Å². The number of benzene rings is 1. The van der Waals surface area contributed by atoms with E-state index in [0.29, 0.717) is 17.0 Å². The second kappa shape index (κ2) is 9.36. The molecule has 0 aliphatic carbocycles. The summed E-state index contributed by atoms with van der Waals surface area (Å²) in [4.78, 5) is 27.2. The van der Waals surface area contributed by atoms with Gasteiger partial charge in [0.05, 0.1) is 17.9 Å². The van der Waals surface area contributed by atoms with Gasteiger partial charge in [-0.3, -0.25) is 9.59 Å². The highest BCUT2D eigenvalue weighted by molar-refractivity contribution is 5.90. The lowest BCUT2D eigenvalue weighted by Crippen LogP contribution is -2.49. The van der Waals surface area contributed by atoms with Crippen LogP contribution in [0.1, 0.15) is 44.5 Å². The van der Waals surface area contributed by atoms with Crippen LogP contribution in [0.3, 0.4) is 0 Å². The van der Waals surface area contributed by atoms with Crippen LogP contribution in [0.2, 0.25) is 0 Å². The van der Waals surface area contributed by atoms with Crippen LogP contribution in [-0.2, 0) is 16.2 Å². The zero-order valence-corrected chi connectivity index (χ0v) is 18.6. The third-order valence-corrected chi connectivity index (χ3v) is 5.37. The molecule has 10 heteroatoms. The Balaban J connectivity index is 1.82. The molecule has 2 N–H and O–H groups in total. The van der Waals surface area contributed by atoms with Gasteiger partial charge >= 0.3 is 0 Å². The molecule has 1 aliphatic heterocycles. The average Bonchev–Trinajstić information content (AvgIpc) is 3.37. The Hall–Kier alpha value is -3.45. The topological polar surface area (TPSA) is 133 Å². The number of hydrogen-bond acceptors (Lipinski definition) is 7. The molecule has 2 unspecified atom stereocenters. The second-order valence-electron chi connectivity index (χ2n) is 8.87. The number of ether oxygens (including phenoxy) is 1. The number of nitriles is 1. The van der Waals surface area contributed by atoms with E-state index in [1.807, 2.05) is 20.8 Å². The molecule has 0 saturated carbocycles. The van der Waals surface area contributed by atoms with Crippen LogP contribution < -0.4 is 10.1 Å². The molecule has 0 bridgehead atoms. The minimum Gasteiger partial charge on any atom is -0.486 e. The van der Waals surface area contributed by atoms with E-state index in [9.17, 15) is 20.0 Å². The molecule has 1 saturated heterocycles. The molecule has 170 valence electrons. The predicted molar refractivity (Wildman–Crippen MR) is 114 cm³/mol. The van der Waals surface area contributed by atoms with Crippen molar-refractivity contribution in [2.45, 2.75) is 52.0 Å². The first kappa shape index (κ1) is 23.2. The SMILES string of the molecule is CNC(=O)C1CC(O)CN1C(=O)[C@@H](n1cc(COc2ccccc2C#N)nn1)C(C)(C)C. The van der Waals surface area contributed by atoms with Gasteiger partial charge in [-0.2, -0.15) is 5.26 Å². The lowest BCUT2D eigenvalue weighted by Gasteiger charge is -2.34. The first-order valence-corrected chi connectivity index (χ1v) is 10.4. The van der Waals surface area contributed by atoms with Crippen LogP contribution in [0.4, 0.5) is 0 Å². The number of β-amino-alcohol motifs (C(OH)–C–C–N with tert-alkyl or cyclic N) is 1. The van der Waals surface area contributed by atoms with Gasteiger partial charge in [-0.15, -0.1) is 5.10 Å². The van der Waals surface area contributed by atoms with Crippen molar-refractivity contribution in [2.75, 3.05) is 13.6 Å². The quantitative estimate of drug-likeness (QED) is 0.685. The smallest absolute Gasteiger partial charge is 0.248 e. The van der Waals surface area contributed by atoms with E-state index < -0.39 is 23.6 Å². The Kier molecular flexibility index (Phi) is 6.79. The van der Waals surface area contributed by atoms with E-state index in [4.69, 9.17) is 4.74 Å². The summed E-state index contributed by atoms with van der Waals surface area (Å²) in [5, 5.41) is 30.1. The van der Waals surface area contributed by atoms with Gasteiger partial charge in [0.1, 0.15) is 36.2 Å². The molecule has 2 amide bonds. The first-order chi connectivity index (χ1) is 15.2. The molecule has 0 spiro atoms. The van der Waals surface area contributed by atoms with Crippen molar-refractivity contribution in [2.24, 2.45) is 5.41 Å². The van der Waals surface area contributed by atoms with Crippen molar-refractivity contribution >= 4 is 11.8 Å². The van der Waals surface area contributed by atoms with E-state index in [2.05, 4.69) is 21.7 Å². The van der Waals surface area contributed by atoms with Crippen molar-refractivity contribution in [3.05, 3.63) is 41.7 Å². The highest BCUT2D eigenvalue weighted by atomic mass is 16.5. The lowest BCUT2D eigenvalue weighted by atomic mass is 9.85. The van der Waals surface area contributed by atoms with Gasteiger partial charge in [0.2, 0.25) is 11.8 Å². The van der Waals surface area contributed by atoms with Crippen molar-refractivity contribution in [3.63, 3.8) is 0 Å². The normalized spacial score (nSPS) is 19.3. The third-order valence-electron chi connectivity index (χ3n) is 5.37. The zero-order valence-electron chi connectivity index (χ0n) is 18.6. The maximum absolute atomic E-state index is 13.5. The first-order valence-electron chi connectivity index (χ1n) is 10.4. The summed E-state index contributed by atoms with van der Waals surface area (Å²) in [6.45, 7) is 5.86. The monoisotopic (exact) mass is 440 g/mol. The molecule has 3 atom stereocenters. The zero-order chi connectivity index (χ0) is 23.5. The number of aliphatic hydroxyl groups is 1. The van der Waals surface area contributed by atoms with E-state index in [-0.39, 0.29) is 31.4 Å². The molecule has 1 aromatic heterocycles. The summed E-state index contributed by atoms with van der Waals surface area (Å²) in [6, 6.07) is 7.48. The molecule has 1 aromatic carbocycles. The minimum atomic E-state index is -0.762. The predicted octanol–water partition coefficient (Wildman–Crippen LogP) is 1.02. The Morgan fingerprint density at radius 1 is 1.38 bits per heavy atom. The average molecular weight is 441 g/mol. The number of likely N-dealkylation sites (tertiary alicyclic amines) is 1. The molecule has 10 nitrogen and oxygen atoms in total. The van der Waals surface area contributed by atoms with Gasteiger partial charge < -0.3 is 20.1 Å². The van der Waals surface area contributed by atoms with Crippen molar-refractivity contribution in [1.29, 1.82) is 5.26 Å². The highest BCUT2D eigenvalue weighted by Crippen LogP contribution is 2.34. The molecule has 2 aromatic rings. The Morgan fingerprint density at radius 3 is 2.75 bits per heavy atom. The standard InChI is InChI=1S/C22H28N6O4/c1-22(2,3)19(21(31)27-12-16(29)9-17(27)20(30)24-4)28-11-15(25-26-28)13-32-18-8-6-5-7-14(18)10-23/h5-8,11,16-17,19,29H,9,12-13H2,1-4H3,(H,24,30)/t16?,17?,19-/m1/s1. The second-order valence-corrected chi connectivity index (χ2v) is 8.87. The number of rotatable bonds is 6. The van der Waals surface area contributed by atoms with E-state index in [0.717, 1.165) is 0 Å². The number of aromatic nitrogens is 3. The Labute approximate surface area is 186 Å². The van der Waals surface area contributed by atoms with Gasteiger partial charge in [0.25, 0.3) is 0 Å². The van der Waals surface area contributed by atoms with Gasteiger partial charge in [-0.1, -0.05) is 38.1 Å². The van der Waals surface area contributed by atoms with E-state index >= 15 is 0 Å². The molecule has 32 heavy (non-hydrogen) atoms. The summed E-state index contributed by atoms with van der Waals surface area (Å²) >= 11 is 0. The van der Waals surface area contributed by atoms with E-state index in [1.54, 1.807) is 30.5 Å². The number of carbonyl (C=O) groups excluding carboxylic acids is 2. The van der Waals surface area contributed by atoms with Crippen LogP contribution in [0.5, 0.6) is 5.75 Å². The lowest BCUT2D eigenvalue weighted by molar-refractivity contribution is -0.144. The Bertz CT molecular complexity index is 1020. The van der Waals surface area contributed by atoms with Gasteiger partial charge in [-0.05, 0) is 17.5 Å². The van der Waals surface area contributed by atoms with Gasteiger partial charge in [-0.25, -0.2) is 4.68 Å². The molecule has 2 heterocycles. The summed E-state index contributed by atoms with van der Waals surface area (Å²) < 4.78 is 7.19. The van der Waals surface area contributed by atoms with Crippen LogP contribution in [0.15, 0.2) is 30.5 Å². The number of amides is 2. The summed E-state index contributed by atoms with van der Waals surface area (Å²) in [7, 11) is 1.51. The summed E-state index contributed by atoms with van der Waals surface area (Å²) in [5.74, 6) is -0.186. The molecular weight excluding hydrogens is 412 g/mol. The van der Waals surface area contributed by atoms with Crippen LogP contribution in [-0.4, -0.2) is 62.6 Å². The number of nitrogens with zero attached hydrogens (tertiary/aromatic N) is 5. The van der Waals surface area contributed by atoms with Crippen LogP contribution in [0.25, 0.3) is 0 Å². The Morgan fingerprint density at radius 2 is 2.09 bits per heavy atom. The maximum atomic E-state index is 13.5. The molecule has 0 radical (unpaired) electrons. The molecule has 1 aliphatic rings. The largest absolute Gasteiger partial charge is 0.486 e.